The Kier molecular flexibility index (Phi) is 3.99. The molecule has 3 aliphatic rings. The number of rotatable bonds is 5. The van der Waals surface area contributed by atoms with Gasteiger partial charge in [0.2, 0.25) is 10.0 Å². The third-order valence-electron chi connectivity index (χ3n) is 6.51. The molecule has 0 amide bonds. The standard InChI is InChI=1S/C17H23N3O4S/c1-18-25(23,24)11-5-6-15(17(9-11)20(21)22)19-16-8-10-7-14(16)13-4-2-3-12(10)13/h5-6,9-10,12-14,16,18-19H,2-4,7-8H2,1H3/t10-,12+,13+,14+,16-/m1/s1. The third-order valence-corrected chi connectivity index (χ3v) is 7.93. The Morgan fingerprint density at radius 2 is 1.92 bits per heavy atom. The molecule has 1 aromatic carbocycles. The average molecular weight is 365 g/mol. The van der Waals surface area contributed by atoms with Crippen LogP contribution < -0.4 is 10.0 Å². The van der Waals surface area contributed by atoms with Gasteiger partial charge in [-0.3, -0.25) is 10.1 Å². The Labute approximate surface area is 147 Å². The molecule has 1 aromatic rings. The summed E-state index contributed by atoms with van der Waals surface area (Å²) in [6.07, 6.45) is 6.24. The van der Waals surface area contributed by atoms with Gasteiger partial charge in [-0.15, -0.1) is 0 Å². The summed E-state index contributed by atoms with van der Waals surface area (Å²) in [5.41, 5.74) is 0.245. The van der Waals surface area contributed by atoms with E-state index in [0.717, 1.165) is 30.2 Å². The van der Waals surface area contributed by atoms with Gasteiger partial charge in [0.1, 0.15) is 5.69 Å². The topological polar surface area (TPSA) is 101 Å². The molecule has 0 aliphatic heterocycles. The molecule has 2 bridgehead atoms. The van der Waals surface area contributed by atoms with Crippen LogP contribution in [0.15, 0.2) is 23.1 Å². The van der Waals surface area contributed by atoms with E-state index in [-0.39, 0.29) is 16.6 Å². The summed E-state index contributed by atoms with van der Waals surface area (Å²) >= 11 is 0. The number of nitro benzene ring substituents is 1. The van der Waals surface area contributed by atoms with Gasteiger partial charge in [0.05, 0.1) is 9.82 Å². The minimum absolute atomic E-state index is 0.0870. The van der Waals surface area contributed by atoms with E-state index in [9.17, 15) is 18.5 Å². The number of hydrogen-bond donors (Lipinski definition) is 2. The summed E-state index contributed by atoms with van der Waals surface area (Å²) in [4.78, 5) is 10.9. The van der Waals surface area contributed by atoms with Crippen LogP contribution in [0.4, 0.5) is 11.4 Å². The van der Waals surface area contributed by atoms with Crippen LogP contribution >= 0.6 is 0 Å². The highest BCUT2D eigenvalue weighted by Crippen LogP contribution is 2.59. The highest BCUT2D eigenvalue weighted by Gasteiger charge is 2.53. The summed E-state index contributed by atoms with van der Waals surface area (Å²) < 4.78 is 26.0. The molecule has 4 rings (SSSR count). The molecule has 136 valence electrons. The SMILES string of the molecule is CNS(=O)(=O)c1ccc(N[C@@H]2C[C@H]3C[C@H]2[C@H]2CCC[C@@H]32)c([N+](=O)[O-])c1. The second-order valence-corrected chi connectivity index (χ2v) is 9.43. The van der Waals surface area contributed by atoms with Crippen LogP contribution in [0.2, 0.25) is 0 Å². The lowest BCUT2D eigenvalue weighted by atomic mass is 9.79. The second-order valence-electron chi connectivity index (χ2n) is 7.55. The number of hydrogen-bond acceptors (Lipinski definition) is 5. The number of anilines is 1. The van der Waals surface area contributed by atoms with Crippen LogP contribution in [0.1, 0.15) is 32.1 Å². The number of nitro groups is 1. The van der Waals surface area contributed by atoms with E-state index >= 15 is 0 Å². The zero-order chi connectivity index (χ0) is 17.8. The average Bonchev–Trinajstić information content (AvgIpc) is 3.27. The summed E-state index contributed by atoms with van der Waals surface area (Å²) in [5.74, 6) is 2.97. The highest BCUT2D eigenvalue weighted by molar-refractivity contribution is 7.89. The van der Waals surface area contributed by atoms with E-state index in [1.807, 2.05) is 0 Å². The summed E-state index contributed by atoms with van der Waals surface area (Å²) in [6, 6.07) is 4.35. The van der Waals surface area contributed by atoms with Crippen molar-refractivity contribution in [3.8, 4) is 0 Å². The second kappa shape index (κ2) is 5.95. The maximum atomic E-state index is 11.9. The van der Waals surface area contributed by atoms with Gasteiger partial charge in [0.15, 0.2) is 0 Å². The molecular formula is C17H23N3O4S. The number of benzene rings is 1. The van der Waals surface area contributed by atoms with Crippen molar-refractivity contribution in [3.63, 3.8) is 0 Å². The molecule has 0 spiro atoms. The molecule has 25 heavy (non-hydrogen) atoms. The first-order chi connectivity index (χ1) is 11.9. The lowest BCUT2D eigenvalue weighted by Gasteiger charge is -2.32. The number of fused-ring (bicyclic) bond motifs is 5. The predicted molar refractivity (Wildman–Crippen MR) is 93.8 cm³/mol. The Hall–Kier alpha value is -1.67. The minimum Gasteiger partial charge on any atom is -0.376 e. The fraction of sp³-hybridized carbons (Fsp3) is 0.647. The molecule has 2 N–H and O–H groups in total. The van der Waals surface area contributed by atoms with Crippen LogP contribution in [0, 0.1) is 33.8 Å². The van der Waals surface area contributed by atoms with Crippen LogP contribution in [0.5, 0.6) is 0 Å². The third kappa shape index (κ3) is 2.71. The number of sulfonamides is 1. The minimum atomic E-state index is -3.70. The lowest BCUT2D eigenvalue weighted by molar-refractivity contribution is -0.384. The van der Waals surface area contributed by atoms with Gasteiger partial charge in [-0.05, 0) is 68.5 Å². The summed E-state index contributed by atoms with van der Waals surface area (Å²) in [5, 5.41) is 14.8. The number of nitrogens with one attached hydrogen (secondary N) is 2. The van der Waals surface area contributed by atoms with Gasteiger partial charge in [0, 0.05) is 12.1 Å². The Morgan fingerprint density at radius 1 is 1.16 bits per heavy atom. The first-order valence-corrected chi connectivity index (χ1v) is 10.4. The molecule has 0 heterocycles. The van der Waals surface area contributed by atoms with E-state index in [0.29, 0.717) is 11.6 Å². The van der Waals surface area contributed by atoms with E-state index in [1.165, 1.54) is 44.9 Å². The maximum Gasteiger partial charge on any atom is 0.293 e. The van der Waals surface area contributed by atoms with Crippen LogP contribution in [-0.4, -0.2) is 26.4 Å². The quantitative estimate of drug-likeness (QED) is 0.617. The van der Waals surface area contributed by atoms with Crippen molar-refractivity contribution in [1.29, 1.82) is 0 Å². The van der Waals surface area contributed by atoms with Crippen molar-refractivity contribution in [1.82, 2.24) is 4.72 Å². The molecule has 0 aromatic heterocycles. The van der Waals surface area contributed by atoms with Crippen molar-refractivity contribution in [2.75, 3.05) is 12.4 Å². The van der Waals surface area contributed by atoms with Gasteiger partial charge in [-0.1, -0.05) is 6.42 Å². The Bertz CT molecular complexity index is 810. The van der Waals surface area contributed by atoms with Crippen molar-refractivity contribution < 1.29 is 13.3 Å². The van der Waals surface area contributed by atoms with Crippen molar-refractivity contribution >= 4 is 21.4 Å². The van der Waals surface area contributed by atoms with Gasteiger partial charge in [-0.2, -0.15) is 0 Å². The van der Waals surface area contributed by atoms with Crippen LogP contribution in [-0.2, 0) is 10.0 Å². The molecule has 0 unspecified atom stereocenters. The van der Waals surface area contributed by atoms with Gasteiger partial charge in [-0.25, -0.2) is 13.1 Å². The molecule has 8 heteroatoms. The largest absolute Gasteiger partial charge is 0.376 e. The van der Waals surface area contributed by atoms with Gasteiger partial charge >= 0.3 is 0 Å². The molecule has 0 saturated heterocycles. The molecule has 5 atom stereocenters. The summed E-state index contributed by atoms with van der Waals surface area (Å²) in [7, 11) is -2.41. The smallest absolute Gasteiger partial charge is 0.293 e. The fourth-order valence-electron chi connectivity index (χ4n) is 5.50. The van der Waals surface area contributed by atoms with Gasteiger partial charge in [0.25, 0.3) is 5.69 Å². The van der Waals surface area contributed by atoms with Crippen LogP contribution in [0.25, 0.3) is 0 Å². The molecular weight excluding hydrogens is 342 g/mol. The van der Waals surface area contributed by atoms with Gasteiger partial charge < -0.3 is 5.32 Å². The Balaban J connectivity index is 1.60. The molecule has 3 fully saturated rings. The first-order valence-electron chi connectivity index (χ1n) is 8.89. The van der Waals surface area contributed by atoms with Crippen molar-refractivity contribution in [2.45, 2.75) is 43.0 Å². The maximum absolute atomic E-state index is 11.9. The predicted octanol–water partition coefficient (Wildman–Crippen LogP) is 2.74. The lowest BCUT2D eigenvalue weighted by Crippen LogP contribution is -2.34. The van der Waals surface area contributed by atoms with E-state index in [4.69, 9.17) is 0 Å². The number of nitrogens with zero attached hydrogens (tertiary/aromatic N) is 1. The zero-order valence-corrected chi connectivity index (χ0v) is 15.0. The van der Waals surface area contributed by atoms with E-state index in [2.05, 4.69) is 10.0 Å². The van der Waals surface area contributed by atoms with Crippen molar-refractivity contribution in [3.05, 3.63) is 28.3 Å². The molecule has 3 saturated carbocycles. The highest BCUT2D eigenvalue weighted by atomic mass is 32.2. The normalized spacial score (nSPS) is 33.4. The first kappa shape index (κ1) is 16.8. The molecule has 3 aliphatic carbocycles. The summed E-state index contributed by atoms with van der Waals surface area (Å²) in [6.45, 7) is 0. The monoisotopic (exact) mass is 365 g/mol. The van der Waals surface area contributed by atoms with E-state index < -0.39 is 14.9 Å². The Morgan fingerprint density at radius 3 is 2.64 bits per heavy atom. The fourth-order valence-corrected chi connectivity index (χ4v) is 6.25. The molecule has 0 radical (unpaired) electrons. The van der Waals surface area contributed by atoms with E-state index in [1.54, 1.807) is 0 Å². The zero-order valence-electron chi connectivity index (χ0n) is 14.1. The van der Waals surface area contributed by atoms with Crippen LogP contribution in [0.3, 0.4) is 0 Å². The molecule has 7 nitrogen and oxygen atoms in total. The van der Waals surface area contributed by atoms with Crippen molar-refractivity contribution in [2.24, 2.45) is 23.7 Å².